The van der Waals surface area contributed by atoms with Gasteiger partial charge in [0.1, 0.15) is 5.41 Å². The first-order valence-electron chi connectivity index (χ1n) is 9.53. The number of anilines is 2. The Bertz CT molecular complexity index is 906. The van der Waals surface area contributed by atoms with Crippen molar-refractivity contribution in [2.24, 2.45) is 5.41 Å². The third-order valence-corrected chi connectivity index (χ3v) is 5.55. The number of rotatable bonds is 4. The lowest BCUT2D eigenvalue weighted by atomic mass is 10.0. The van der Waals surface area contributed by atoms with Gasteiger partial charge in [-0.05, 0) is 49.2 Å². The van der Waals surface area contributed by atoms with Crippen LogP contribution in [0.15, 0.2) is 54.6 Å². The molecule has 2 aromatic rings. The van der Waals surface area contributed by atoms with Crippen molar-refractivity contribution in [3.05, 3.63) is 60.2 Å². The molecule has 6 heteroatoms. The fourth-order valence-electron chi connectivity index (χ4n) is 3.65. The summed E-state index contributed by atoms with van der Waals surface area (Å²) < 4.78 is 0. The van der Waals surface area contributed by atoms with Gasteiger partial charge in [0.15, 0.2) is 0 Å². The zero-order valence-electron chi connectivity index (χ0n) is 15.6. The standard InChI is InChI=1S/C22H22N4O2/c23-16-17-6-8-18(9-7-17)24-20(27)22(10-11-22)21(28)26-14-12-25(13-15-26)19-4-2-1-3-5-19/h1-9H,10-15H2,(H,24,27). The molecule has 0 spiro atoms. The first-order chi connectivity index (χ1) is 13.6. The Morgan fingerprint density at radius 2 is 1.57 bits per heavy atom. The van der Waals surface area contributed by atoms with Crippen LogP contribution in [-0.2, 0) is 9.59 Å². The highest BCUT2D eigenvalue weighted by atomic mass is 16.2. The minimum atomic E-state index is -0.928. The summed E-state index contributed by atoms with van der Waals surface area (Å²) in [5, 5.41) is 11.7. The van der Waals surface area contributed by atoms with Gasteiger partial charge >= 0.3 is 0 Å². The number of carbonyl (C=O) groups excluding carboxylic acids is 2. The van der Waals surface area contributed by atoms with Gasteiger partial charge in [-0.25, -0.2) is 0 Å². The molecular formula is C22H22N4O2. The van der Waals surface area contributed by atoms with Crippen LogP contribution in [0.2, 0.25) is 0 Å². The van der Waals surface area contributed by atoms with Crippen molar-refractivity contribution in [3.63, 3.8) is 0 Å². The molecular weight excluding hydrogens is 352 g/mol. The Morgan fingerprint density at radius 1 is 0.929 bits per heavy atom. The molecule has 1 saturated heterocycles. The summed E-state index contributed by atoms with van der Waals surface area (Å²) in [6, 6.07) is 18.9. The van der Waals surface area contributed by atoms with Crippen LogP contribution >= 0.6 is 0 Å². The van der Waals surface area contributed by atoms with E-state index in [9.17, 15) is 9.59 Å². The number of piperazine rings is 1. The summed E-state index contributed by atoms with van der Waals surface area (Å²) in [5.74, 6) is -0.306. The third-order valence-electron chi connectivity index (χ3n) is 5.55. The second kappa shape index (κ2) is 7.35. The van der Waals surface area contributed by atoms with Crippen LogP contribution in [0, 0.1) is 16.7 Å². The molecule has 0 bridgehead atoms. The Hall–Kier alpha value is -3.33. The SMILES string of the molecule is N#Cc1ccc(NC(=O)C2(C(=O)N3CCN(c4ccccc4)CC3)CC2)cc1. The molecule has 1 N–H and O–H groups in total. The van der Waals surface area contributed by atoms with E-state index in [0.29, 0.717) is 37.2 Å². The van der Waals surface area contributed by atoms with E-state index in [1.807, 2.05) is 29.2 Å². The maximum atomic E-state index is 13.1. The van der Waals surface area contributed by atoms with Crippen LogP contribution in [0.3, 0.4) is 0 Å². The van der Waals surface area contributed by atoms with Crippen LogP contribution in [0.1, 0.15) is 18.4 Å². The molecule has 2 aromatic carbocycles. The Morgan fingerprint density at radius 3 is 2.14 bits per heavy atom. The molecule has 2 aliphatic rings. The van der Waals surface area contributed by atoms with E-state index in [2.05, 4.69) is 22.3 Å². The summed E-state index contributed by atoms with van der Waals surface area (Å²) in [6.45, 7) is 2.78. The van der Waals surface area contributed by atoms with E-state index in [4.69, 9.17) is 5.26 Å². The van der Waals surface area contributed by atoms with E-state index in [0.717, 1.165) is 18.8 Å². The van der Waals surface area contributed by atoms with Gasteiger partial charge in [-0.3, -0.25) is 9.59 Å². The summed E-state index contributed by atoms with van der Waals surface area (Å²) in [4.78, 5) is 29.9. The molecule has 0 atom stereocenters. The summed E-state index contributed by atoms with van der Waals surface area (Å²) in [5.41, 5.74) is 1.38. The van der Waals surface area contributed by atoms with Gasteiger partial charge in [-0.2, -0.15) is 5.26 Å². The smallest absolute Gasteiger partial charge is 0.240 e. The molecule has 28 heavy (non-hydrogen) atoms. The lowest BCUT2D eigenvalue weighted by molar-refractivity contribution is -0.142. The predicted octanol–water partition coefficient (Wildman–Crippen LogP) is 2.63. The number of benzene rings is 2. The number of hydrogen-bond donors (Lipinski definition) is 1. The van der Waals surface area contributed by atoms with E-state index in [1.165, 1.54) is 0 Å². The first-order valence-corrected chi connectivity index (χ1v) is 9.53. The Balaban J connectivity index is 1.37. The van der Waals surface area contributed by atoms with Gasteiger partial charge in [0.05, 0.1) is 11.6 Å². The quantitative estimate of drug-likeness (QED) is 0.835. The largest absolute Gasteiger partial charge is 0.368 e. The highest BCUT2D eigenvalue weighted by Crippen LogP contribution is 2.48. The van der Waals surface area contributed by atoms with Crippen molar-refractivity contribution >= 4 is 23.2 Å². The maximum Gasteiger partial charge on any atom is 0.240 e. The van der Waals surface area contributed by atoms with E-state index < -0.39 is 5.41 Å². The molecule has 1 aliphatic carbocycles. The molecule has 2 fully saturated rings. The molecule has 4 rings (SSSR count). The average molecular weight is 374 g/mol. The van der Waals surface area contributed by atoms with Gasteiger partial charge in [0, 0.05) is 37.6 Å². The van der Waals surface area contributed by atoms with E-state index in [1.54, 1.807) is 24.3 Å². The zero-order valence-corrected chi connectivity index (χ0v) is 15.6. The number of nitrogens with one attached hydrogen (secondary N) is 1. The minimum absolute atomic E-state index is 0.0636. The van der Waals surface area contributed by atoms with Gasteiger partial charge in [-0.1, -0.05) is 18.2 Å². The molecule has 6 nitrogen and oxygen atoms in total. The molecule has 1 heterocycles. The van der Waals surface area contributed by atoms with Crippen molar-refractivity contribution in [1.82, 2.24) is 4.90 Å². The topological polar surface area (TPSA) is 76.4 Å². The fraction of sp³-hybridized carbons (Fsp3) is 0.318. The minimum Gasteiger partial charge on any atom is -0.368 e. The van der Waals surface area contributed by atoms with Gasteiger partial charge in [-0.15, -0.1) is 0 Å². The first kappa shape index (κ1) is 18.1. The lowest BCUT2D eigenvalue weighted by Crippen LogP contribution is -2.52. The number of para-hydroxylation sites is 1. The zero-order chi connectivity index (χ0) is 19.6. The number of amides is 2. The van der Waals surface area contributed by atoms with E-state index in [-0.39, 0.29) is 11.8 Å². The normalized spacial score (nSPS) is 17.5. The molecule has 0 unspecified atom stereocenters. The average Bonchev–Trinajstić information content (AvgIpc) is 3.57. The van der Waals surface area contributed by atoms with Crippen LogP contribution in [0.4, 0.5) is 11.4 Å². The van der Waals surface area contributed by atoms with Crippen LogP contribution in [0.5, 0.6) is 0 Å². The number of hydrogen-bond acceptors (Lipinski definition) is 4. The second-order valence-electron chi connectivity index (χ2n) is 7.34. The predicted molar refractivity (Wildman–Crippen MR) is 107 cm³/mol. The van der Waals surface area contributed by atoms with E-state index >= 15 is 0 Å². The van der Waals surface area contributed by atoms with Gasteiger partial charge < -0.3 is 15.1 Å². The van der Waals surface area contributed by atoms with Crippen molar-refractivity contribution in [3.8, 4) is 6.07 Å². The molecule has 2 amide bonds. The van der Waals surface area contributed by atoms with Crippen LogP contribution in [-0.4, -0.2) is 42.9 Å². The second-order valence-corrected chi connectivity index (χ2v) is 7.34. The monoisotopic (exact) mass is 374 g/mol. The van der Waals surface area contributed by atoms with Crippen molar-refractivity contribution < 1.29 is 9.59 Å². The molecule has 1 saturated carbocycles. The van der Waals surface area contributed by atoms with Gasteiger partial charge in [0.25, 0.3) is 0 Å². The fourth-order valence-corrected chi connectivity index (χ4v) is 3.65. The van der Waals surface area contributed by atoms with Gasteiger partial charge in [0.2, 0.25) is 11.8 Å². The number of nitrogens with zero attached hydrogens (tertiary/aromatic N) is 3. The maximum absolute atomic E-state index is 13.1. The lowest BCUT2D eigenvalue weighted by Gasteiger charge is -2.37. The molecule has 142 valence electrons. The highest BCUT2D eigenvalue weighted by molar-refractivity contribution is 6.13. The third kappa shape index (κ3) is 3.44. The highest BCUT2D eigenvalue weighted by Gasteiger charge is 2.58. The number of nitriles is 1. The van der Waals surface area contributed by atoms with Crippen LogP contribution < -0.4 is 10.2 Å². The summed E-state index contributed by atoms with van der Waals surface area (Å²) >= 11 is 0. The van der Waals surface area contributed by atoms with Crippen LogP contribution in [0.25, 0.3) is 0 Å². The molecule has 0 aromatic heterocycles. The number of carbonyl (C=O) groups is 2. The van der Waals surface area contributed by atoms with Crippen molar-refractivity contribution in [2.45, 2.75) is 12.8 Å². The Labute approximate surface area is 164 Å². The Kier molecular flexibility index (Phi) is 4.74. The molecule has 0 radical (unpaired) electrons. The summed E-state index contributed by atoms with van der Waals surface area (Å²) in [6.07, 6.45) is 1.18. The van der Waals surface area contributed by atoms with Crippen molar-refractivity contribution in [2.75, 3.05) is 36.4 Å². The summed E-state index contributed by atoms with van der Waals surface area (Å²) in [7, 11) is 0. The van der Waals surface area contributed by atoms with Crippen molar-refractivity contribution in [1.29, 1.82) is 5.26 Å². The molecule has 1 aliphatic heterocycles.